The van der Waals surface area contributed by atoms with Gasteiger partial charge in [0.15, 0.2) is 5.78 Å². The van der Waals surface area contributed by atoms with E-state index in [9.17, 15) is 24.0 Å². The molecule has 0 bridgehead atoms. The average Bonchev–Trinajstić information content (AvgIpc) is 3.80. The smallest absolute Gasteiger partial charge is 0.262 e. The number of benzene rings is 2. The van der Waals surface area contributed by atoms with Crippen molar-refractivity contribution in [3.63, 3.8) is 0 Å². The third kappa shape index (κ3) is 7.16. The first-order valence-corrected chi connectivity index (χ1v) is 19.9. The van der Waals surface area contributed by atoms with Gasteiger partial charge in [-0.3, -0.25) is 43.7 Å². The van der Waals surface area contributed by atoms with Gasteiger partial charge in [0.1, 0.15) is 29.1 Å². The SMILES string of the molecule is COc1cc(-c2cn(C)c(=O)c3cnccc23)cc(OC)c1CN1CCC(n2cc(CN3CC(Oc4ccc5c(c4)C(=O)N(C4CCC(=O)CC4=O)C5=O)C3)nn2)CC1. The normalized spacial score (nSPS) is 19.4. The van der Waals surface area contributed by atoms with Crippen LogP contribution < -0.4 is 19.8 Å². The van der Waals surface area contributed by atoms with Gasteiger partial charge in [-0.05, 0) is 66.6 Å². The minimum Gasteiger partial charge on any atom is -0.496 e. The van der Waals surface area contributed by atoms with Crippen LogP contribution in [0.15, 0.2) is 66.0 Å². The number of methoxy groups -OCH3 is 2. The number of fused-ring (bicyclic) bond motifs is 2. The fourth-order valence-corrected chi connectivity index (χ4v) is 8.84. The number of hydrogen-bond acceptors (Lipinski definition) is 13. The van der Waals surface area contributed by atoms with E-state index in [-0.39, 0.29) is 53.9 Å². The molecule has 3 aromatic heterocycles. The van der Waals surface area contributed by atoms with E-state index >= 15 is 0 Å². The lowest BCUT2D eigenvalue weighted by molar-refractivity contribution is -0.132. The number of ether oxygens (including phenoxy) is 3. The van der Waals surface area contributed by atoms with E-state index in [1.807, 2.05) is 35.3 Å². The van der Waals surface area contributed by atoms with Crippen LogP contribution in [-0.4, -0.2) is 115 Å². The summed E-state index contributed by atoms with van der Waals surface area (Å²) in [5, 5.41) is 10.3. The Hall–Kier alpha value is -6.26. The summed E-state index contributed by atoms with van der Waals surface area (Å²) in [5.74, 6) is 0.341. The number of amides is 2. The van der Waals surface area contributed by atoms with Crippen molar-refractivity contribution in [1.29, 1.82) is 0 Å². The second-order valence-corrected chi connectivity index (χ2v) is 15.8. The van der Waals surface area contributed by atoms with Crippen molar-refractivity contribution in [2.45, 2.75) is 63.4 Å². The first-order valence-electron chi connectivity index (χ1n) is 19.9. The highest BCUT2D eigenvalue weighted by atomic mass is 16.5. The van der Waals surface area contributed by atoms with Crippen molar-refractivity contribution in [1.82, 2.24) is 39.2 Å². The molecule has 9 rings (SSSR count). The van der Waals surface area contributed by atoms with E-state index in [1.54, 1.807) is 56.4 Å². The van der Waals surface area contributed by atoms with Crippen LogP contribution >= 0.6 is 0 Å². The van der Waals surface area contributed by atoms with Gasteiger partial charge in [-0.2, -0.15) is 0 Å². The Balaban J connectivity index is 0.777. The highest BCUT2D eigenvalue weighted by Gasteiger charge is 2.44. The maximum atomic E-state index is 13.2. The summed E-state index contributed by atoms with van der Waals surface area (Å²) in [4.78, 5) is 73.1. The Kier molecular flexibility index (Phi) is 10.0. The molecule has 16 nitrogen and oxygen atoms in total. The topological polar surface area (TPSA) is 171 Å². The van der Waals surface area contributed by atoms with Gasteiger partial charge in [-0.25, -0.2) is 4.68 Å². The molecule has 1 unspecified atom stereocenters. The Morgan fingerprint density at radius 2 is 1.54 bits per heavy atom. The third-order valence-corrected chi connectivity index (χ3v) is 12.0. The number of ketones is 2. The maximum Gasteiger partial charge on any atom is 0.262 e. The van der Waals surface area contributed by atoms with E-state index < -0.39 is 23.6 Å². The largest absolute Gasteiger partial charge is 0.496 e. The monoisotopic (exact) mass is 800 g/mol. The van der Waals surface area contributed by atoms with Gasteiger partial charge in [0.2, 0.25) is 0 Å². The van der Waals surface area contributed by atoms with Crippen LogP contribution in [-0.2, 0) is 29.7 Å². The van der Waals surface area contributed by atoms with Gasteiger partial charge in [0.25, 0.3) is 17.4 Å². The van der Waals surface area contributed by atoms with Crippen LogP contribution in [0.4, 0.5) is 0 Å². The zero-order valence-corrected chi connectivity index (χ0v) is 33.1. The molecule has 2 aromatic carbocycles. The fourth-order valence-electron chi connectivity index (χ4n) is 8.84. The number of imide groups is 1. The summed E-state index contributed by atoms with van der Waals surface area (Å²) in [7, 11) is 5.07. The van der Waals surface area contributed by atoms with Gasteiger partial charge in [-0.15, -0.1) is 5.10 Å². The number of carbonyl (C=O) groups excluding carboxylic acids is 4. The summed E-state index contributed by atoms with van der Waals surface area (Å²) in [6.07, 6.45) is 8.98. The molecule has 4 aliphatic rings. The molecule has 2 amide bonds. The van der Waals surface area contributed by atoms with Crippen molar-refractivity contribution in [3.05, 3.63) is 93.9 Å². The summed E-state index contributed by atoms with van der Waals surface area (Å²) in [5.41, 5.74) is 3.98. The Labute approximate surface area is 339 Å². The van der Waals surface area contributed by atoms with E-state index in [1.165, 1.54) is 0 Å². The van der Waals surface area contributed by atoms with Crippen LogP contribution in [0.2, 0.25) is 0 Å². The lowest BCUT2D eigenvalue weighted by Gasteiger charge is -2.38. The molecule has 1 atom stereocenters. The van der Waals surface area contributed by atoms with Gasteiger partial charge in [0.05, 0.1) is 66.7 Å². The molecular formula is C43H44N8O8. The van der Waals surface area contributed by atoms with Gasteiger partial charge in [-0.1, -0.05) is 5.21 Å². The first kappa shape index (κ1) is 38.3. The molecule has 1 aliphatic carbocycles. The number of nitrogens with zero attached hydrogens (tertiary/aromatic N) is 8. The zero-order chi connectivity index (χ0) is 40.9. The molecule has 0 N–H and O–H groups in total. The van der Waals surface area contributed by atoms with Crippen LogP contribution in [0.5, 0.6) is 17.2 Å². The van der Waals surface area contributed by atoms with E-state index in [0.29, 0.717) is 37.3 Å². The molecule has 304 valence electrons. The standard InChI is InChI=1S/C43H44N8O8/c1-47-23-35(31-8-11-44-18-34(31)41(47)54)25-14-39(57-2)36(40(15-25)58-3)24-48-12-9-27(10-13-48)50-20-26(45-46-50)19-49-21-30(22-49)59-29-5-6-32-33(17-29)43(56)51(42(32)55)37-7-4-28(52)16-38(37)53/h5-6,8,11,14-15,17-18,20,23,27,30,37H,4,7,9-10,12-13,16,19,21-22,24H2,1-3H3. The molecule has 16 heteroatoms. The highest BCUT2D eigenvalue weighted by Crippen LogP contribution is 2.39. The fraction of sp³-hybridized carbons (Fsp3) is 0.395. The molecule has 5 aromatic rings. The minimum absolute atomic E-state index is 0.0962. The Morgan fingerprint density at radius 1 is 0.797 bits per heavy atom. The van der Waals surface area contributed by atoms with Crippen molar-refractivity contribution < 1.29 is 33.4 Å². The zero-order valence-electron chi connectivity index (χ0n) is 33.1. The summed E-state index contributed by atoms with van der Waals surface area (Å²) < 4.78 is 21.6. The van der Waals surface area contributed by atoms with Crippen molar-refractivity contribution >= 4 is 34.2 Å². The van der Waals surface area contributed by atoms with Crippen LogP contribution in [0.1, 0.15) is 70.1 Å². The molecule has 59 heavy (non-hydrogen) atoms. The minimum atomic E-state index is -0.901. The number of aromatic nitrogens is 5. The number of Topliss-reactive ketones (excluding diaryl/α,β-unsaturated/α-hetero) is 2. The summed E-state index contributed by atoms with van der Waals surface area (Å²) in [6, 6.07) is 10.0. The molecule has 2 saturated heterocycles. The van der Waals surface area contributed by atoms with Crippen molar-refractivity contribution in [2.24, 2.45) is 7.05 Å². The molecular weight excluding hydrogens is 757 g/mol. The van der Waals surface area contributed by atoms with Gasteiger partial charge in [0, 0.05) is 76.9 Å². The van der Waals surface area contributed by atoms with Crippen molar-refractivity contribution in [3.8, 4) is 28.4 Å². The second-order valence-electron chi connectivity index (χ2n) is 15.8. The summed E-state index contributed by atoms with van der Waals surface area (Å²) >= 11 is 0. The van der Waals surface area contributed by atoms with Crippen molar-refractivity contribution in [2.75, 3.05) is 40.4 Å². The third-order valence-electron chi connectivity index (χ3n) is 12.0. The predicted molar refractivity (Wildman–Crippen MR) is 213 cm³/mol. The number of pyridine rings is 2. The van der Waals surface area contributed by atoms with Crippen LogP contribution in [0, 0.1) is 0 Å². The number of aryl methyl sites for hydroxylation is 1. The number of likely N-dealkylation sites (tertiary alicyclic amines) is 2. The molecule has 0 radical (unpaired) electrons. The maximum absolute atomic E-state index is 13.2. The molecule has 6 heterocycles. The Bertz CT molecular complexity index is 2550. The number of hydrogen-bond donors (Lipinski definition) is 0. The molecule has 3 fully saturated rings. The summed E-state index contributed by atoms with van der Waals surface area (Å²) in [6.45, 7) is 4.33. The number of rotatable bonds is 11. The van der Waals surface area contributed by atoms with E-state index in [4.69, 9.17) is 14.2 Å². The highest BCUT2D eigenvalue weighted by molar-refractivity contribution is 6.23. The van der Waals surface area contributed by atoms with E-state index in [0.717, 1.165) is 70.1 Å². The quantitative estimate of drug-likeness (QED) is 0.140. The average molecular weight is 801 g/mol. The van der Waals surface area contributed by atoms with Crippen LogP contribution in [0.25, 0.3) is 21.9 Å². The lowest BCUT2D eigenvalue weighted by Crippen LogP contribution is -2.53. The lowest BCUT2D eigenvalue weighted by atomic mass is 9.92. The predicted octanol–water partition coefficient (Wildman–Crippen LogP) is 3.60. The van der Waals surface area contributed by atoms with Crippen LogP contribution in [0.3, 0.4) is 0 Å². The molecule has 0 spiro atoms. The number of piperidine rings is 1. The Morgan fingerprint density at radius 3 is 2.27 bits per heavy atom. The molecule has 1 saturated carbocycles. The second kappa shape index (κ2) is 15.5. The number of carbonyl (C=O) groups is 4. The first-order chi connectivity index (χ1) is 28.6. The van der Waals surface area contributed by atoms with E-state index in [2.05, 4.69) is 25.1 Å². The van der Waals surface area contributed by atoms with Gasteiger partial charge >= 0.3 is 0 Å². The van der Waals surface area contributed by atoms with Gasteiger partial charge < -0.3 is 18.8 Å². The molecule has 3 aliphatic heterocycles.